The fourth-order valence-electron chi connectivity index (χ4n) is 1.97. The molecule has 102 valence electrons. The summed E-state index contributed by atoms with van der Waals surface area (Å²) in [5.74, 6) is 0.138. The van der Waals surface area contributed by atoms with Crippen LogP contribution in [0.2, 0.25) is 0 Å². The number of aryl methyl sites for hydroxylation is 1. The number of hydrogen-bond acceptors (Lipinski definition) is 2. The van der Waals surface area contributed by atoms with Crippen LogP contribution in [-0.2, 0) is 6.42 Å². The molecule has 1 atom stereocenters. The average molecular weight is 265 g/mol. The van der Waals surface area contributed by atoms with Crippen LogP contribution in [0.3, 0.4) is 0 Å². The number of aromatic amines is 1. The Bertz CT molecular complexity index is 511. The number of nitrogens with zero attached hydrogens (tertiary/aromatic N) is 1. The van der Waals surface area contributed by atoms with Crippen LogP contribution in [0.1, 0.15) is 30.8 Å². The molecule has 1 aromatic heterocycles. The number of imidazole rings is 1. The molecule has 0 bridgehead atoms. The van der Waals surface area contributed by atoms with Crippen molar-refractivity contribution >= 4 is 0 Å². The highest BCUT2D eigenvalue weighted by molar-refractivity contribution is 5.21. The van der Waals surface area contributed by atoms with E-state index in [0.717, 1.165) is 37.3 Å². The van der Waals surface area contributed by atoms with Gasteiger partial charge in [0.15, 0.2) is 0 Å². The van der Waals surface area contributed by atoms with Crippen LogP contribution in [0, 0.1) is 11.6 Å². The van der Waals surface area contributed by atoms with Gasteiger partial charge in [0, 0.05) is 30.4 Å². The zero-order chi connectivity index (χ0) is 13.7. The van der Waals surface area contributed by atoms with E-state index in [1.807, 2.05) is 6.92 Å². The zero-order valence-electron chi connectivity index (χ0n) is 10.8. The minimum Gasteiger partial charge on any atom is -0.349 e. The van der Waals surface area contributed by atoms with Gasteiger partial charge in [-0.1, -0.05) is 0 Å². The molecular formula is C14H17F2N3. The summed E-state index contributed by atoms with van der Waals surface area (Å²) in [5.41, 5.74) is 0.359. The SMILES string of the molecule is CC(NCCCc1ncc[nH]1)c1cc(F)ccc1F. The van der Waals surface area contributed by atoms with Crippen LogP contribution in [0.4, 0.5) is 8.78 Å². The van der Waals surface area contributed by atoms with Crippen molar-refractivity contribution in [2.45, 2.75) is 25.8 Å². The van der Waals surface area contributed by atoms with Crippen LogP contribution in [-0.4, -0.2) is 16.5 Å². The van der Waals surface area contributed by atoms with Crippen molar-refractivity contribution in [1.82, 2.24) is 15.3 Å². The predicted molar refractivity (Wildman–Crippen MR) is 69.7 cm³/mol. The number of benzene rings is 1. The van der Waals surface area contributed by atoms with Gasteiger partial charge in [0.1, 0.15) is 17.5 Å². The van der Waals surface area contributed by atoms with E-state index in [1.165, 1.54) is 6.07 Å². The number of H-pyrrole nitrogens is 1. The highest BCUT2D eigenvalue weighted by Crippen LogP contribution is 2.17. The molecule has 0 saturated heterocycles. The number of nitrogens with one attached hydrogen (secondary N) is 2. The van der Waals surface area contributed by atoms with E-state index in [2.05, 4.69) is 15.3 Å². The minimum atomic E-state index is -0.416. The predicted octanol–water partition coefficient (Wildman–Crippen LogP) is 2.97. The van der Waals surface area contributed by atoms with Gasteiger partial charge in [-0.15, -0.1) is 0 Å². The van der Waals surface area contributed by atoms with Crippen molar-refractivity contribution in [3.8, 4) is 0 Å². The lowest BCUT2D eigenvalue weighted by Crippen LogP contribution is -2.21. The summed E-state index contributed by atoms with van der Waals surface area (Å²) in [6.07, 6.45) is 5.22. The van der Waals surface area contributed by atoms with E-state index in [4.69, 9.17) is 0 Å². The molecule has 5 heteroatoms. The van der Waals surface area contributed by atoms with Gasteiger partial charge in [0.2, 0.25) is 0 Å². The second kappa shape index (κ2) is 6.43. The number of aromatic nitrogens is 2. The van der Waals surface area contributed by atoms with Crippen LogP contribution in [0.5, 0.6) is 0 Å². The molecule has 1 aromatic carbocycles. The third-order valence-corrected chi connectivity index (χ3v) is 3.02. The van der Waals surface area contributed by atoms with Gasteiger partial charge in [-0.3, -0.25) is 0 Å². The molecule has 1 heterocycles. The Labute approximate surface area is 111 Å². The lowest BCUT2D eigenvalue weighted by molar-refractivity contribution is 0.511. The van der Waals surface area contributed by atoms with E-state index in [1.54, 1.807) is 12.4 Å². The van der Waals surface area contributed by atoms with E-state index in [0.29, 0.717) is 5.56 Å². The Morgan fingerprint density at radius 1 is 1.37 bits per heavy atom. The van der Waals surface area contributed by atoms with Crippen molar-refractivity contribution in [3.05, 3.63) is 53.6 Å². The molecule has 0 amide bonds. The third-order valence-electron chi connectivity index (χ3n) is 3.02. The second-order valence-electron chi connectivity index (χ2n) is 4.48. The molecule has 2 rings (SSSR count). The van der Waals surface area contributed by atoms with Gasteiger partial charge in [0.05, 0.1) is 0 Å². The van der Waals surface area contributed by atoms with Crippen molar-refractivity contribution in [3.63, 3.8) is 0 Å². The van der Waals surface area contributed by atoms with Crippen molar-refractivity contribution in [2.24, 2.45) is 0 Å². The summed E-state index contributed by atoms with van der Waals surface area (Å²) in [5, 5.41) is 3.18. The molecule has 3 nitrogen and oxygen atoms in total. The molecule has 19 heavy (non-hydrogen) atoms. The fourth-order valence-corrected chi connectivity index (χ4v) is 1.97. The largest absolute Gasteiger partial charge is 0.349 e. The average Bonchev–Trinajstić information content (AvgIpc) is 2.90. The topological polar surface area (TPSA) is 40.7 Å². The molecule has 1 unspecified atom stereocenters. The van der Waals surface area contributed by atoms with Gasteiger partial charge in [-0.2, -0.15) is 0 Å². The molecule has 0 saturated carbocycles. The van der Waals surface area contributed by atoms with Crippen LogP contribution in [0.25, 0.3) is 0 Å². The van der Waals surface area contributed by atoms with Gasteiger partial charge in [-0.25, -0.2) is 13.8 Å². The molecule has 0 aliphatic heterocycles. The van der Waals surface area contributed by atoms with Gasteiger partial charge in [0.25, 0.3) is 0 Å². The molecule has 0 aliphatic carbocycles. The van der Waals surface area contributed by atoms with Gasteiger partial charge in [-0.05, 0) is 38.1 Å². The Morgan fingerprint density at radius 2 is 2.21 bits per heavy atom. The van der Waals surface area contributed by atoms with Crippen LogP contribution >= 0.6 is 0 Å². The molecular weight excluding hydrogens is 248 g/mol. The summed E-state index contributed by atoms with van der Waals surface area (Å²) in [6.45, 7) is 2.54. The highest BCUT2D eigenvalue weighted by atomic mass is 19.1. The molecule has 0 aliphatic rings. The standard InChI is InChI=1S/C14H17F2N3/c1-10(12-9-11(15)4-5-13(12)16)17-6-2-3-14-18-7-8-19-14/h4-5,7-10,17H,2-3,6H2,1H3,(H,18,19). The van der Waals surface area contributed by atoms with Crippen molar-refractivity contribution in [1.29, 1.82) is 0 Å². The van der Waals surface area contributed by atoms with Crippen LogP contribution in [0.15, 0.2) is 30.6 Å². The van der Waals surface area contributed by atoms with Crippen LogP contribution < -0.4 is 5.32 Å². The summed E-state index contributed by atoms with van der Waals surface area (Å²) in [7, 11) is 0. The van der Waals surface area contributed by atoms with Crippen molar-refractivity contribution < 1.29 is 8.78 Å². The second-order valence-corrected chi connectivity index (χ2v) is 4.48. The normalized spacial score (nSPS) is 12.6. The quantitative estimate of drug-likeness (QED) is 0.788. The monoisotopic (exact) mass is 265 g/mol. The van der Waals surface area contributed by atoms with Gasteiger partial charge < -0.3 is 10.3 Å². The maximum atomic E-state index is 13.5. The molecule has 2 aromatic rings. The molecule has 0 radical (unpaired) electrons. The number of hydrogen-bond donors (Lipinski definition) is 2. The molecule has 0 spiro atoms. The number of halogens is 2. The van der Waals surface area contributed by atoms with E-state index in [9.17, 15) is 8.78 Å². The van der Waals surface area contributed by atoms with E-state index < -0.39 is 5.82 Å². The first-order valence-electron chi connectivity index (χ1n) is 6.33. The maximum Gasteiger partial charge on any atom is 0.128 e. The summed E-state index contributed by atoms with van der Waals surface area (Å²) in [4.78, 5) is 7.15. The summed E-state index contributed by atoms with van der Waals surface area (Å²) < 4.78 is 26.6. The van der Waals surface area contributed by atoms with Gasteiger partial charge >= 0.3 is 0 Å². The maximum absolute atomic E-state index is 13.5. The number of rotatable bonds is 6. The lowest BCUT2D eigenvalue weighted by atomic mass is 10.1. The zero-order valence-corrected chi connectivity index (χ0v) is 10.8. The Morgan fingerprint density at radius 3 is 2.95 bits per heavy atom. The first kappa shape index (κ1) is 13.7. The minimum absolute atomic E-state index is 0.215. The van der Waals surface area contributed by atoms with E-state index >= 15 is 0 Å². The molecule has 2 N–H and O–H groups in total. The van der Waals surface area contributed by atoms with E-state index in [-0.39, 0.29) is 11.9 Å². The third kappa shape index (κ3) is 3.86. The first-order valence-corrected chi connectivity index (χ1v) is 6.33. The van der Waals surface area contributed by atoms with Crippen molar-refractivity contribution in [2.75, 3.05) is 6.54 Å². The lowest BCUT2D eigenvalue weighted by Gasteiger charge is -2.14. The first-order chi connectivity index (χ1) is 9.16. The molecule has 0 fully saturated rings. The Balaban J connectivity index is 1.80. The Hall–Kier alpha value is -1.75. The summed E-state index contributed by atoms with van der Waals surface area (Å²) >= 11 is 0. The summed E-state index contributed by atoms with van der Waals surface area (Å²) in [6, 6.07) is 3.31. The fraction of sp³-hybridized carbons (Fsp3) is 0.357. The highest BCUT2D eigenvalue weighted by Gasteiger charge is 2.11. The Kier molecular flexibility index (Phi) is 4.63. The smallest absolute Gasteiger partial charge is 0.128 e.